The molecule has 0 fully saturated rings. The third-order valence-electron chi connectivity index (χ3n) is 1.49. The third-order valence-corrected chi connectivity index (χ3v) is 2.84. The fraction of sp³-hybridized carbons (Fsp3) is 0.167. The van der Waals surface area contributed by atoms with E-state index in [-0.39, 0.29) is 0 Å². The maximum atomic E-state index is 12.8. The normalized spacial score (nSPS) is 12.1. The predicted octanol–water partition coefficient (Wildman–Crippen LogP) is 1.67. The lowest BCUT2D eigenvalue weighted by Crippen LogP contribution is -2.06. The highest BCUT2D eigenvalue weighted by molar-refractivity contribution is 8.13. The largest absolute Gasteiger partial charge is 0.382 e. The molecule has 9 heteroatoms. The summed E-state index contributed by atoms with van der Waals surface area (Å²) in [7, 11) is 0.556. The van der Waals surface area contributed by atoms with Crippen molar-refractivity contribution in [2.45, 2.75) is 11.3 Å². The van der Waals surface area contributed by atoms with Gasteiger partial charge in [0.15, 0.2) is 0 Å². The van der Waals surface area contributed by atoms with Crippen LogP contribution in [0.15, 0.2) is 11.0 Å². The molecule has 1 aromatic heterocycles. The Hall–Kier alpha value is -1.02. The smallest absolute Gasteiger partial charge is 0.268 e. The number of alkyl halides is 2. The van der Waals surface area contributed by atoms with Crippen molar-refractivity contribution in [3.05, 3.63) is 17.6 Å². The van der Waals surface area contributed by atoms with Gasteiger partial charge in [0.05, 0.1) is 5.56 Å². The van der Waals surface area contributed by atoms with Crippen LogP contribution in [-0.2, 0) is 9.05 Å². The zero-order chi connectivity index (χ0) is 11.8. The van der Waals surface area contributed by atoms with E-state index in [0.717, 1.165) is 0 Å². The van der Waals surface area contributed by atoms with Crippen LogP contribution in [0.2, 0.25) is 0 Å². The van der Waals surface area contributed by atoms with Crippen molar-refractivity contribution < 1.29 is 21.6 Å². The van der Waals surface area contributed by atoms with Crippen molar-refractivity contribution in [1.29, 1.82) is 0 Å². The van der Waals surface area contributed by atoms with Crippen LogP contribution in [0, 0.1) is 5.95 Å². The van der Waals surface area contributed by atoms with Gasteiger partial charge in [0.2, 0.25) is 5.95 Å². The molecular weight excluding hydrogens is 257 g/mol. The summed E-state index contributed by atoms with van der Waals surface area (Å²) in [6.07, 6.45) is -3.20. The minimum atomic E-state index is -4.32. The lowest BCUT2D eigenvalue weighted by Gasteiger charge is -2.05. The van der Waals surface area contributed by atoms with Crippen molar-refractivity contribution in [1.82, 2.24) is 4.98 Å². The van der Waals surface area contributed by atoms with Crippen molar-refractivity contribution in [2.75, 3.05) is 5.73 Å². The van der Waals surface area contributed by atoms with Gasteiger partial charge in [-0.1, -0.05) is 0 Å². The first-order valence-electron chi connectivity index (χ1n) is 3.42. The average molecular weight is 261 g/mol. The zero-order valence-electron chi connectivity index (χ0n) is 6.92. The fourth-order valence-electron chi connectivity index (χ4n) is 0.848. The Bertz CT molecular complexity index is 491. The molecule has 2 N–H and O–H groups in total. The molecule has 0 atom stereocenters. The summed E-state index contributed by atoms with van der Waals surface area (Å²) in [6, 6.07) is 0.366. The SMILES string of the molecule is Nc1nc(F)c(C(F)F)cc1S(=O)(=O)Cl. The topological polar surface area (TPSA) is 73.0 Å². The molecule has 1 heterocycles. The first-order chi connectivity index (χ1) is 6.73. The van der Waals surface area contributed by atoms with Gasteiger partial charge in [-0.3, -0.25) is 0 Å². The molecule has 0 amide bonds. The highest BCUT2D eigenvalue weighted by Crippen LogP contribution is 2.28. The van der Waals surface area contributed by atoms with E-state index in [1.807, 2.05) is 0 Å². The van der Waals surface area contributed by atoms with Gasteiger partial charge >= 0.3 is 0 Å². The Morgan fingerprint density at radius 1 is 1.47 bits per heavy atom. The summed E-state index contributed by atoms with van der Waals surface area (Å²) in [5.74, 6) is -2.28. The van der Waals surface area contributed by atoms with Crippen LogP contribution in [0.3, 0.4) is 0 Å². The Kier molecular flexibility index (Phi) is 3.10. The summed E-state index contributed by atoms with van der Waals surface area (Å²) in [4.78, 5) is 2.00. The van der Waals surface area contributed by atoms with Gasteiger partial charge in [0, 0.05) is 10.7 Å². The molecule has 4 nitrogen and oxygen atoms in total. The van der Waals surface area contributed by atoms with E-state index in [0.29, 0.717) is 6.07 Å². The lowest BCUT2D eigenvalue weighted by molar-refractivity contribution is 0.145. The summed E-state index contributed by atoms with van der Waals surface area (Å²) >= 11 is 0. The summed E-state index contributed by atoms with van der Waals surface area (Å²) in [5.41, 5.74) is 3.85. The lowest BCUT2D eigenvalue weighted by atomic mass is 10.3. The molecule has 0 saturated carbocycles. The fourth-order valence-corrected chi connectivity index (χ4v) is 1.78. The molecule has 0 unspecified atom stereocenters. The van der Waals surface area contributed by atoms with E-state index in [9.17, 15) is 21.6 Å². The maximum Gasteiger partial charge on any atom is 0.268 e. The molecule has 0 radical (unpaired) electrons. The summed E-state index contributed by atoms with van der Waals surface area (Å²) in [5, 5.41) is 0. The van der Waals surface area contributed by atoms with Crippen LogP contribution in [-0.4, -0.2) is 13.4 Å². The van der Waals surface area contributed by atoms with Gasteiger partial charge in [0.1, 0.15) is 10.7 Å². The molecule has 0 aromatic carbocycles. The number of aromatic nitrogens is 1. The Morgan fingerprint density at radius 2 is 2.00 bits per heavy atom. The van der Waals surface area contributed by atoms with Gasteiger partial charge in [0.25, 0.3) is 15.5 Å². The van der Waals surface area contributed by atoms with Crippen LogP contribution < -0.4 is 5.73 Å². The first-order valence-corrected chi connectivity index (χ1v) is 5.73. The van der Waals surface area contributed by atoms with E-state index in [4.69, 9.17) is 16.4 Å². The van der Waals surface area contributed by atoms with Crippen LogP contribution >= 0.6 is 10.7 Å². The Morgan fingerprint density at radius 3 is 2.40 bits per heavy atom. The van der Waals surface area contributed by atoms with Gasteiger partial charge in [-0.25, -0.2) is 22.2 Å². The molecule has 0 aliphatic heterocycles. The first kappa shape index (κ1) is 12.1. The van der Waals surface area contributed by atoms with E-state index < -0.39 is 37.7 Å². The van der Waals surface area contributed by atoms with Gasteiger partial charge in [-0.05, 0) is 6.07 Å². The second-order valence-electron chi connectivity index (χ2n) is 2.49. The molecule has 0 bridgehead atoms. The number of rotatable bonds is 2. The second-order valence-corrected chi connectivity index (χ2v) is 5.02. The number of nitrogen functional groups attached to an aromatic ring is 1. The van der Waals surface area contributed by atoms with E-state index in [2.05, 4.69) is 4.98 Å². The second kappa shape index (κ2) is 3.86. The minimum absolute atomic E-state index is 0.366. The van der Waals surface area contributed by atoms with E-state index >= 15 is 0 Å². The Labute approximate surface area is 87.3 Å². The van der Waals surface area contributed by atoms with Gasteiger partial charge in [-0.15, -0.1) is 0 Å². The van der Waals surface area contributed by atoms with Crippen LogP contribution in [0.1, 0.15) is 12.0 Å². The molecule has 0 spiro atoms. The number of halogens is 4. The summed E-state index contributed by atoms with van der Waals surface area (Å²) < 4.78 is 58.7. The van der Waals surface area contributed by atoms with E-state index in [1.165, 1.54) is 0 Å². The standard InChI is InChI=1S/C6H4ClF3N2O2S/c7-15(13,14)3-1-2(4(8)9)5(10)12-6(3)11/h1,4H,(H2,11,12). The predicted molar refractivity (Wildman–Crippen MR) is 46.6 cm³/mol. The number of hydrogen-bond acceptors (Lipinski definition) is 4. The zero-order valence-corrected chi connectivity index (χ0v) is 8.49. The summed E-state index contributed by atoms with van der Waals surface area (Å²) in [6.45, 7) is 0. The Balaban J connectivity index is 3.50. The molecule has 1 rings (SSSR count). The third kappa shape index (κ3) is 2.51. The number of nitrogens with two attached hydrogens (primary N) is 1. The number of nitrogens with zero attached hydrogens (tertiary/aromatic N) is 1. The molecule has 0 aliphatic rings. The van der Waals surface area contributed by atoms with Crippen LogP contribution in [0.4, 0.5) is 19.0 Å². The molecule has 84 valence electrons. The monoisotopic (exact) mass is 260 g/mol. The highest BCUT2D eigenvalue weighted by Gasteiger charge is 2.23. The number of hydrogen-bond donors (Lipinski definition) is 1. The van der Waals surface area contributed by atoms with Crippen molar-refractivity contribution in [3.8, 4) is 0 Å². The minimum Gasteiger partial charge on any atom is -0.382 e. The molecular formula is C6H4ClF3N2O2S. The number of pyridine rings is 1. The van der Waals surface area contributed by atoms with E-state index in [1.54, 1.807) is 0 Å². The van der Waals surface area contributed by atoms with Crippen LogP contribution in [0.5, 0.6) is 0 Å². The van der Waals surface area contributed by atoms with Crippen molar-refractivity contribution >= 4 is 25.6 Å². The van der Waals surface area contributed by atoms with Crippen molar-refractivity contribution in [2.24, 2.45) is 0 Å². The van der Waals surface area contributed by atoms with Crippen LogP contribution in [0.25, 0.3) is 0 Å². The molecule has 0 aliphatic carbocycles. The molecule has 1 aromatic rings. The van der Waals surface area contributed by atoms with Gasteiger partial charge in [-0.2, -0.15) is 4.39 Å². The quantitative estimate of drug-likeness (QED) is 0.648. The average Bonchev–Trinajstić information content (AvgIpc) is 2.00. The highest BCUT2D eigenvalue weighted by atomic mass is 35.7. The molecule has 15 heavy (non-hydrogen) atoms. The molecule has 0 saturated heterocycles. The van der Waals surface area contributed by atoms with Gasteiger partial charge < -0.3 is 5.73 Å². The maximum absolute atomic E-state index is 12.8. The number of anilines is 1. The van der Waals surface area contributed by atoms with Crippen molar-refractivity contribution in [3.63, 3.8) is 0 Å².